The van der Waals surface area contributed by atoms with E-state index in [4.69, 9.17) is 5.73 Å². The summed E-state index contributed by atoms with van der Waals surface area (Å²) in [5, 5.41) is 0. The molecule has 0 unspecified atom stereocenters. The standard InChI is InChI=1S/C7H13N/c8-6-5-7-3-1-2-4-7/h5-7H,1-4,8H2/b6-5+. The second kappa shape index (κ2) is 2.75. The van der Waals surface area contributed by atoms with Crippen molar-refractivity contribution in [3.8, 4) is 0 Å². The number of hydrogen-bond acceptors (Lipinski definition) is 1. The van der Waals surface area contributed by atoms with Crippen LogP contribution in [0.4, 0.5) is 0 Å². The molecule has 0 saturated heterocycles. The van der Waals surface area contributed by atoms with Crippen molar-refractivity contribution in [3.05, 3.63) is 12.3 Å². The first kappa shape index (κ1) is 5.67. The van der Waals surface area contributed by atoms with Gasteiger partial charge in [-0.15, -0.1) is 0 Å². The Kier molecular flexibility index (Phi) is 1.95. The minimum absolute atomic E-state index is 0.806. The lowest BCUT2D eigenvalue weighted by Crippen LogP contribution is -1.87. The number of hydrogen-bond donors (Lipinski definition) is 1. The van der Waals surface area contributed by atoms with E-state index >= 15 is 0 Å². The van der Waals surface area contributed by atoms with Crippen LogP contribution in [0.2, 0.25) is 0 Å². The molecule has 46 valence electrons. The lowest BCUT2D eigenvalue weighted by molar-refractivity contribution is 0.684. The zero-order chi connectivity index (χ0) is 5.82. The van der Waals surface area contributed by atoms with Crippen molar-refractivity contribution in [1.82, 2.24) is 0 Å². The van der Waals surface area contributed by atoms with Crippen LogP contribution < -0.4 is 5.73 Å². The summed E-state index contributed by atoms with van der Waals surface area (Å²) in [5.41, 5.74) is 5.23. The van der Waals surface area contributed by atoms with Gasteiger partial charge in [0.2, 0.25) is 0 Å². The first-order valence-electron chi connectivity index (χ1n) is 3.32. The van der Waals surface area contributed by atoms with E-state index < -0.39 is 0 Å². The summed E-state index contributed by atoms with van der Waals surface area (Å²) in [5.74, 6) is 0.806. The number of allylic oxidation sites excluding steroid dienone is 1. The highest BCUT2D eigenvalue weighted by Gasteiger charge is 2.10. The van der Waals surface area contributed by atoms with Gasteiger partial charge in [0.25, 0.3) is 0 Å². The molecule has 0 atom stereocenters. The fourth-order valence-corrected chi connectivity index (χ4v) is 1.31. The van der Waals surface area contributed by atoms with Gasteiger partial charge in [-0.25, -0.2) is 0 Å². The molecule has 0 spiro atoms. The SMILES string of the molecule is N/C=C/C1CCCC1. The molecule has 1 saturated carbocycles. The van der Waals surface area contributed by atoms with Crippen LogP contribution in [0.5, 0.6) is 0 Å². The second-order valence-corrected chi connectivity index (χ2v) is 2.43. The number of nitrogens with two attached hydrogens (primary N) is 1. The molecule has 0 radical (unpaired) electrons. The van der Waals surface area contributed by atoms with Crippen LogP contribution in [0, 0.1) is 5.92 Å². The van der Waals surface area contributed by atoms with Gasteiger partial charge < -0.3 is 5.73 Å². The van der Waals surface area contributed by atoms with E-state index in [1.165, 1.54) is 25.7 Å². The van der Waals surface area contributed by atoms with Crippen LogP contribution in [0.15, 0.2) is 12.3 Å². The van der Waals surface area contributed by atoms with E-state index in [1.54, 1.807) is 6.20 Å². The maximum absolute atomic E-state index is 5.23. The van der Waals surface area contributed by atoms with Crippen LogP contribution in [0.1, 0.15) is 25.7 Å². The average Bonchev–Trinajstić information content (AvgIpc) is 2.19. The van der Waals surface area contributed by atoms with Crippen LogP contribution in [0.3, 0.4) is 0 Å². The molecule has 8 heavy (non-hydrogen) atoms. The van der Waals surface area contributed by atoms with E-state index in [0.29, 0.717) is 0 Å². The predicted molar refractivity (Wildman–Crippen MR) is 35.3 cm³/mol. The molecule has 1 rings (SSSR count). The minimum atomic E-state index is 0.806. The van der Waals surface area contributed by atoms with Crippen molar-refractivity contribution < 1.29 is 0 Å². The van der Waals surface area contributed by atoms with Gasteiger partial charge in [0.15, 0.2) is 0 Å². The topological polar surface area (TPSA) is 26.0 Å². The third-order valence-corrected chi connectivity index (χ3v) is 1.78. The van der Waals surface area contributed by atoms with Gasteiger partial charge in [-0.05, 0) is 25.0 Å². The molecule has 0 aromatic carbocycles. The van der Waals surface area contributed by atoms with Crippen molar-refractivity contribution in [2.24, 2.45) is 11.7 Å². The largest absolute Gasteiger partial charge is 0.405 e. The third kappa shape index (κ3) is 1.25. The second-order valence-electron chi connectivity index (χ2n) is 2.43. The molecule has 0 bridgehead atoms. The Morgan fingerprint density at radius 1 is 1.25 bits per heavy atom. The van der Waals surface area contributed by atoms with Crippen molar-refractivity contribution >= 4 is 0 Å². The summed E-state index contributed by atoms with van der Waals surface area (Å²) in [6.45, 7) is 0. The van der Waals surface area contributed by atoms with E-state index in [1.807, 2.05) is 0 Å². The zero-order valence-corrected chi connectivity index (χ0v) is 5.14. The molecular formula is C7H13N. The van der Waals surface area contributed by atoms with E-state index in [2.05, 4.69) is 6.08 Å². The van der Waals surface area contributed by atoms with Gasteiger partial charge in [-0.1, -0.05) is 18.9 Å². The van der Waals surface area contributed by atoms with Crippen molar-refractivity contribution in [2.75, 3.05) is 0 Å². The Morgan fingerprint density at radius 3 is 2.38 bits per heavy atom. The highest BCUT2D eigenvalue weighted by molar-refractivity contribution is 4.87. The minimum Gasteiger partial charge on any atom is -0.405 e. The van der Waals surface area contributed by atoms with Gasteiger partial charge in [-0.3, -0.25) is 0 Å². The summed E-state index contributed by atoms with van der Waals surface area (Å²) in [7, 11) is 0. The summed E-state index contributed by atoms with van der Waals surface area (Å²) >= 11 is 0. The third-order valence-electron chi connectivity index (χ3n) is 1.78. The Balaban J connectivity index is 2.24. The molecular weight excluding hydrogens is 98.1 g/mol. The van der Waals surface area contributed by atoms with Gasteiger partial charge in [0, 0.05) is 0 Å². The lowest BCUT2D eigenvalue weighted by atomic mass is 10.1. The Bertz CT molecular complexity index is 80.4. The molecule has 0 heterocycles. The van der Waals surface area contributed by atoms with E-state index in [9.17, 15) is 0 Å². The lowest BCUT2D eigenvalue weighted by Gasteiger charge is -1.96. The van der Waals surface area contributed by atoms with Crippen LogP contribution in [-0.4, -0.2) is 0 Å². The monoisotopic (exact) mass is 111 g/mol. The summed E-state index contributed by atoms with van der Waals surface area (Å²) in [6, 6.07) is 0. The molecule has 1 nitrogen and oxygen atoms in total. The first-order chi connectivity index (χ1) is 3.93. The van der Waals surface area contributed by atoms with Gasteiger partial charge in [0.1, 0.15) is 0 Å². The van der Waals surface area contributed by atoms with Crippen LogP contribution in [-0.2, 0) is 0 Å². The Labute approximate surface area is 50.6 Å². The molecule has 1 fully saturated rings. The average molecular weight is 111 g/mol. The fraction of sp³-hybridized carbons (Fsp3) is 0.714. The Hall–Kier alpha value is -0.460. The maximum Gasteiger partial charge on any atom is -0.0100 e. The van der Waals surface area contributed by atoms with Crippen LogP contribution >= 0.6 is 0 Å². The number of rotatable bonds is 1. The van der Waals surface area contributed by atoms with Gasteiger partial charge in [-0.2, -0.15) is 0 Å². The van der Waals surface area contributed by atoms with E-state index in [-0.39, 0.29) is 0 Å². The predicted octanol–water partition coefficient (Wildman–Crippen LogP) is 1.65. The molecule has 0 amide bonds. The van der Waals surface area contributed by atoms with Crippen LogP contribution in [0.25, 0.3) is 0 Å². The van der Waals surface area contributed by atoms with E-state index in [0.717, 1.165) is 5.92 Å². The van der Waals surface area contributed by atoms with Crippen molar-refractivity contribution in [2.45, 2.75) is 25.7 Å². The molecule has 0 aromatic heterocycles. The zero-order valence-electron chi connectivity index (χ0n) is 5.14. The summed E-state index contributed by atoms with van der Waals surface area (Å²) in [4.78, 5) is 0. The van der Waals surface area contributed by atoms with Gasteiger partial charge >= 0.3 is 0 Å². The highest BCUT2D eigenvalue weighted by atomic mass is 14.5. The van der Waals surface area contributed by atoms with Gasteiger partial charge in [0.05, 0.1) is 0 Å². The fourth-order valence-electron chi connectivity index (χ4n) is 1.31. The molecule has 1 aliphatic rings. The highest BCUT2D eigenvalue weighted by Crippen LogP contribution is 2.24. The van der Waals surface area contributed by atoms with Crippen molar-refractivity contribution in [1.29, 1.82) is 0 Å². The summed E-state index contributed by atoms with van der Waals surface area (Å²) < 4.78 is 0. The smallest absolute Gasteiger partial charge is 0.0100 e. The molecule has 1 heteroatoms. The maximum atomic E-state index is 5.23. The molecule has 0 aromatic rings. The molecule has 1 aliphatic carbocycles. The normalized spacial score (nSPS) is 23.0. The quantitative estimate of drug-likeness (QED) is 0.547. The Morgan fingerprint density at radius 2 is 1.88 bits per heavy atom. The summed E-state index contributed by atoms with van der Waals surface area (Å²) in [6.07, 6.45) is 9.30. The molecule has 0 aliphatic heterocycles. The van der Waals surface area contributed by atoms with Crippen molar-refractivity contribution in [3.63, 3.8) is 0 Å². The molecule has 2 N–H and O–H groups in total. The first-order valence-corrected chi connectivity index (χ1v) is 3.32.